The minimum absolute atomic E-state index is 0.0354. The molecule has 0 fully saturated rings. The van der Waals surface area contributed by atoms with Crippen molar-refractivity contribution >= 4 is 10.0 Å². The molecule has 20 heavy (non-hydrogen) atoms. The van der Waals surface area contributed by atoms with Crippen LogP contribution in [-0.4, -0.2) is 43.6 Å². The smallest absolute Gasteiger partial charge is 0.243 e. The van der Waals surface area contributed by atoms with E-state index < -0.39 is 16.1 Å². The van der Waals surface area contributed by atoms with Crippen LogP contribution in [0.1, 0.15) is 26.3 Å². The summed E-state index contributed by atoms with van der Waals surface area (Å²) in [4.78, 5) is 0.203. The quantitative estimate of drug-likeness (QED) is 0.870. The van der Waals surface area contributed by atoms with E-state index in [2.05, 4.69) is 0 Å². The van der Waals surface area contributed by atoms with Gasteiger partial charge in [0.15, 0.2) is 0 Å². The van der Waals surface area contributed by atoms with Gasteiger partial charge in [-0.3, -0.25) is 0 Å². The second-order valence-electron chi connectivity index (χ2n) is 5.15. The number of rotatable bonds is 6. The molecule has 114 valence electrons. The third-order valence-electron chi connectivity index (χ3n) is 3.07. The van der Waals surface area contributed by atoms with Crippen molar-refractivity contribution in [3.63, 3.8) is 0 Å². The zero-order chi connectivity index (χ0) is 15.5. The first kappa shape index (κ1) is 16.9. The molecule has 1 aromatic rings. The van der Waals surface area contributed by atoms with Crippen LogP contribution in [0.4, 0.5) is 0 Å². The second kappa shape index (κ2) is 6.56. The lowest BCUT2D eigenvalue weighted by Gasteiger charge is -2.23. The summed E-state index contributed by atoms with van der Waals surface area (Å²) in [5.74, 6) is 0.678. The third-order valence-corrected chi connectivity index (χ3v) is 5.04. The van der Waals surface area contributed by atoms with Crippen LogP contribution >= 0.6 is 0 Å². The molecule has 5 nitrogen and oxygen atoms in total. The highest BCUT2D eigenvalue weighted by Crippen LogP contribution is 2.25. The maximum Gasteiger partial charge on any atom is 0.243 e. The summed E-state index contributed by atoms with van der Waals surface area (Å²) in [7, 11) is -2.14. The first-order valence-corrected chi connectivity index (χ1v) is 8.00. The molecule has 0 saturated heterocycles. The summed E-state index contributed by atoms with van der Waals surface area (Å²) in [6.07, 6.45) is 0.0354. The fourth-order valence-corrected chi connectivity index (χ4v) is 3.13. The molecule has 0 aliphatic heterocycles. The minimum atomic E-state index is -3.60. The Balaban J connectivity index is 3.12. The van der Waals surface area contributed by atoms with Crippen molar-refractivity contribution < 1.29 is 18.3 Å². The van der Waals surface area contributed by atoms with Crippen LogP contribution in [0.2, 0.25) is 0 Å². The van der Waals surface area contributed by atoms with Crippen LogP contribution in [0.15, 0.2) is 23.1 Å². The van der Waals surface area contributed by atoms with Crippen molar-refractivity contribution in [2.75, 3.05) is 13.7 Å². The number of sulfonamides is 1. The first-order chi connectivity index (χ1) is 9.20. The molecule has 0 spiro atoms. The number of likely N-dealkylation sites (N-methyl/N-ethyl adjacent to an activating group) is 1. The number of aliphatic hydroxyl groups is 1. The molecule has 0 heterocycles. The van der Waals surface area contributed by atoms with Gasteiger partial charge in [0.1, 0.15) is 5.75 Å². The van der Waals surface area contributed by atoms with Gasteiger partial charge < -0.3 is 9.84 Å². The standard InChI is InChI=1S/C14H23NO4S/c1-10(2)19-14-7-6-13(8-11(14)3)20(17,18)15(5)12(4)9-16/h6-8,10,12,16H,9H2,1-5H3. The highest BCUT2D eigenvalue weighted by atomic mass is 32.2. The minimum Gasteiger partial charge on any atom is -0.491 e. The third kappa shape index (κ3) is 3.71. The van der Waals surface area contributed by atoms with Crippen molar-refractivity contribution in [2.24, 2.45) is 0 Å². The van der Waals surface area contributed by atoms with Crippen molar-refractivity contribution in [3.8, 4) is 5.75 Å². The average Bonchev–Trinajstić information content (AvgIpc) is 2.38. The van der Waals surface area contributed by atoms with Crippen molar-refractivity contribution in [3.05, 3.63) is 23.8 Å². The summed E-state index contributed by atoms with van der Waals surface area (Å²) in [5.41, 5.74) is 0.768. The Morgan fingerprint density at radius 2 is 1.90 bits per heavy atom. The number of aryl methyl sites for hydroxylation is 1. The van der Waals surface area contributed by atoms with E-state index >= 15 is 0 Å². The monoisotopic (exact) mass is 301 g/mol. The van der Waals surface area contributed by atoms with Gasteiger partial charge in [0, 0.05) is 13.1 Å². The summed E-state index contributed by atoms with van der Waals surface area (Å²) in [5, 5.41) is 9.09. The van der Waals surface area contributed by atoms with E-state index in [1.54, 1.807) is 19.1 Å². The number of hydrogen-bond acceptors (Lipinski definition) is 4. The fourth-order valence-electron chi connectivity index (χ4n) is 1.69. The number of ether oxygens (including phenoxy) is 1. The molecule has 6 heteroatoms. The molecular formula is C14H23NO4S. The van der Waals surface area contributed by atoms with Crippen LogP contribution in [0.5, 0.6) is 5.75 Å². The molecule has 1 unspecified atom stereocenters. The molecular weight excluding hydrogens is 278 g/mol. The molecule has 0 aromatic heterocycles. The van der Waals surface area contributed by atoms with E-state index in [-0.39, 0.29) is 17.6 Å². The number of hydrogen-bond donors (Lipinski definition) is 1. The molecule has 0 bridgehead atoms. The molecule has 0 amide bonds. The lowest BCUT2D eigenvalue weighted by atomic mass is 10.2. The maximum atomic E-state index is 12.4. The van der Waals surface area contributed by atoms with Crippen LogP contribution < -0.4 is 4.74 Å². The SMILES string of the molecule is Cc1cc(S(=O)(=O)N(C)C(C)CO)ccc1OC(C)C. The summed E-state index contributed by atoms with van der Waals surface area (Å²) in [6, 6.07) is 4.32. The Morgan fingerprint density at radius 3 is 2.35 bits per heavy atom. The largest absolute Gasteiger partial charge is 0.491 e. The Kier molecular flexibility index (Phi) is 5.56. The Labute approximate surface area is 121 Å². The van der Waals surface area contributed by atoms with Gasteiger partial charge in [0.05, 0.1) is 17.6 Å². The lowest BCUT2D eigenvalue weighted by Crippen LogP contribution is -2.37. The highest BCUT2D eigenvalue weighted by Gasteiger charge is 2.25. The number of aliphatic hydroxyl groups excluding tert-OH is 1. The maximum absolute atomic E-state index is 12.4. The van der Waals surface area contributed by atoms with Crippen molar-refractivity contribution in [1.29, 1.82) is 0 Å². The van der Waals surface area contributed by atoms with Crippen LogP contribution in [0.3, 0.4) is 0 Å². The van der Waals surface area contributed by atoms with Gasteiger partial charge in [0.2, 0.25) is 10.0 Å². The summed E-state index contributed by atoms with van der Waals surface area (Å²) < 4.78 is 31.5. The van der Waals surface area contributed by atoms with Crippen molar-refractivity contribution in [1.82, 2.24) is 4.31 Å². The highest BCUT2D eigenvalue weighted by molar-refractivity contribution is 7.89. The van der Waals surface area contributed by atoms with E-state index in [4.69, 9.17) is 9.84 Å². The van der Waals surface area contributed by atoms with Crippen LogP contribution in [0.25, 0.3) is 0 Å². The second-order valence-corrected chi connectivity index (χ2v) is 7.14. The Bertz CT molecular complexity index is 554. The van der Waals surface area contributed by atoms with Gasteiger partial charge in [-0.05, 0) is 51.5 Å². The van der Waals surface area contributed by atoms with Crippen LogP contribution in [0, 0.1) is 6.92 Å². The van der Waals surface area contributed by atoms with E-state index in [0.29, 0.717) is 5.75 Å². The fraction of sp³-hybridized carbons (Fsp3) is 0.571. The lowest BCUT2D eigenvalue weighted by molar-refractivity contribution is 0.213. The first-order valence-electron chi connectivity index (χ1n) is 6.56. The predicted octanol–water partition coefficient (Wildman–Crippen LogP) is 1.78. The van der Waals surface area contributed by atoms with Gasteiger partial charge in [-0.2, -0.15) is 4.31 Å². The van der Waals surface area contributed by atoms with Gasteiger partial charge >= 0.3 is 0 Å². The number of nitrogens with zero attached hydrogens (tertiary/aromatic N) is 1. The Morgan fingerprint density at radius 1 is 1.30 bits per heavy atom. The van der Waals surface area contributed by atoms with E-state index in [9.17, 15) is 8.42 Å². The number of benzene rings is 1. The van der Waals surface area contributed by atoms with Gasteiger partial charge in [-0.1, -0.05) is 0 Å². The van der Waals surface area contributed by atoms with Gasteiger partial charge in [0.25, 0.3) is 0 Å². The van der Waals surface area contributed by atoms with E-state index in [1.807, 2.05) is 20.8 Å². The van der Waals surface area contributed by atoms with Crippen LogP contribution in [-0.2, 0) is 10.0 Å². The topological polar surface area (TPSA) is 66.8 Å². The van der Waals surface area contributed by atoms with Gasteiger partial charge in [-0.15, -0.1) is 0 Å². The Hall–Kier alpha value is -1.11. The van der Waals surface area contributed by atoms with E-state index in [1.165, 1.54) is 17.4 Å². The average molecular weight is 301 g/mol. The summed E-state index contributed by atoms with van der Waals surface area (Å²) >= 11 is 0. The molecule has 1 N–H and O–H groups in total. The van der Waals surface area contributed by atoms with E-state index in [0.717, 1.165) is 5.56 Å². The van der Waals surface area contributed by atoms with Gasteiger partial charge in [-0.25, -0.2) is 8.42 Å². The molecule has 0 aliphatic rings. The molecule has 0 saturated carbocycles. The molecule has 1 aromatic carbocycles. The summed E-state index contributed by atoms with van der Waals surface area (Å²) in [6.45, 7) is 7.08. The van der Waals surface area contributed by atoms with Crippen molar-refractivity contribution in [2.45, 2.75) is 44.7 Å². The predicted molar refractivity (Wildman–Crippen MR) is 78.4 cm³/mol. The molecule has 0 radical (unpaired) electrons. The molecule has 0 aliphatic carbocycles. The zero-order valence-electron chi connectivity index (χ0n) is 12.6. The molecule has 1 rings (SSSR count). The zero-order valence-corrected chi connectivity index (χ0v) is 13.4. The normalized spacial score (nSPS) is 13.8. The molecule has 1 atom stereocenters.